The molecule has 2 atom stereocenters. The van der Waals surface area contributed by atoms with E-state index in [4.69, 9.17) is 10.5 Å². The molecular weight excluding hydrogens is 246 g/mol. The van der Waals surface area contributed by atoms with Crippen LogP contribution in [0.2, 0.25) is 0 Å². The number of rotatable bonds is 3. The first-order chi connectivity index (χ1) is 8.95. The van der Waals surface area contributed by atoms with E-state index in [2.05, 4.69) is 15.0 Å². The van der Waals surface area contributed by atoms with Gasteiger partial charge in [-0.25, -0.2) is 0 Å². The number of ether oxygens (including phenoxy) is 1. The number of piperidine rings is 1. The highest BCUT2D eigenvalue weighted by Gasteiger charge is 2.26. The maximum atomic E-state index is 9.92. The number of aliphatic hydroxyl groups is 1. The molecule has 0 saturated carbocycles. The van der Waals surface area contributed by atoms with Crippen LogP contribution in [0.4, 0.5) is 11.9 Å². The minimum atomic E-state index is -0.374. The molecule has 19 heavy (non-hydrogen) atoms. The van der Waals surface area contributed by atoms with Crippen molar-refractivity contribution in [3.8, 4) is 6.01 Å². The molecule has 2 rings (SSSR count). The number of nitrogen functional groups attached to an aromatic ring is 1. The molecule has 3 N–H and O–H groups in total. The average Bonchev–Trinajstić information content (AvgIpc) is 2.31. The van der Waals surface area contributed by atoms with Gasteiger partial charge in [-0.05, 0) is 26.2 Å². The Morgan fingerprint density at radius 3 is 2.74 bits per heavy atom. The van der Waals surface area contributed by atoms with Crippen LogP contribution in [0.5, 0.6) is 6.01 Å². The Kier molecular flexibility index (Phi) is 4.04. The van der Waals surface area contributed by atoms with Gasteiger partial charge in [-0.2, -0.15) is 15.0 Å². The van der Waals surface area contributed by atoms with Gasteiger partial charge < -0.3 is 20.5 Å². The van der Waals surface area contributed by atoms with Gasteiger partial charge in [0.1, 0.15) is 0 Å². The molecule has 1 saturated heterocycles. The summed E-state index contributed by atoms with van der Waals surface area (Å²) in [6.07, 6.45) is 0.496. The second kappa shape index (κ2) is 5.56. The SMILES string of the molecule is CC(C)Oc1nc(N)nc(N2CCC(C)C(O)C2)n1. The quantitative estimate of drug-likeness (QED) is 0.820. The van der Waals surface area contributed by atoms with Crippen LogP contribution < -0.4 is 15.4 Å². The van der Waals surface area contributed by atoms with Crippen molar-refractivity contribution in [1.82, 2.24) is 15.0 Å². The highest BCUT2D eigenvalue weighted by molar-refractivity contribution is 5.36. The first-order valence-corrected chi connectivity index (χ1v) is 6.57. The van der Waals surface area contributed by atoms with E-state index >= 15 is 0 Å². The third-order valence-corrected chi connectivity index (χ3v) is 3.16. The zero-order valence-electron chi connectivity index (χ0n) is 11.6. The lowest BCUT2D eigenvalue weighted by molar-refractivity contribution is 0.102. The molecule has 0 aliphatic carbocycles. The fourth-order valence-electron chi connectivity index (χ4n) is 2.00. The first kappa shape index (κ1) is 13.8. The van der Waals surface area contributed by atoms with E-state index in [-0.39, 0.29) is 24.2 Å². The minimum Gasteiger partial charge on any atom is -0.461 e. The summed E-state index contributed by atoms with van der Waals surface area (Å²) in [6.45, 7) is 7.13. The van der Waals surface area contributed by atoms with Crippen LogP contribution in [0, 0.1) is 5.92 Å². The van der Waals surface area contributed by atoms with Gasteiger partial charge in [0.25, 0.3) is 0 Å². The maximum Gasteiger partial charge on any atom is 0.323 e. The van der Waals surface area contributed by atoms with E-state index < -0.39 is 0 Å². The average molecular weight is 267 g/mol. The van der Waals surface area contributed by atoms with E-state index in [0.29, 0.717) is 18.4 Å². The zero-order valence-corrected chi connectivity index (χ0v) is 11.6. The molecule has 1 aliphatic heterocycles. The Bertz CT molecular complexity index is 440. The molecule has 0 amide bonds. The van der Waals surface area contributed by atoms with Gasteiger partial charge in [-0.15, -0.1) is 0 Å². The number of nitrogens with two attached hydrogens (primary N) is 1. The molecule has 7 heteroatoms. The first-order valence-electron chi connectivity index (χ1n) is 6.57. The number of aliphatic hydroxyl groups excluding tert-OH is 1. The summed E-state index contributed by atoms with van der Waals surface area (Å²) in [5.74, 6) is 0.893. The predicted octanol–water partition coefficient (Wildman–Crippen LogP) is 0.448. The predicted molar refractivity (Wildman–Crippen MR) is 72.0 cm³/mol. The van der Waals surface area contributed by atoms with Crippen LogP contribution in [0.25, 0.3) is 0 Å². The topological polar surface area (TPSA) is 97.4 Å². The van der Waals surface area contributed by atoms with Gasteiger partial charge in [-0.3, -0.25) is 0 Å². The number of hydrogen-bond donors (Lipinski definition) is 2. The summed E-state index contributed by atoms with van der Waals surface area (Å²) in [5, 5.41) is 9.92. The number of anilines is 2. The van der Waals surface area contributed by atoms with Crippen molar-refractivity contribution >= 4 is 11.9 Å². The van der Waals surface area contributed by atoms with Gasteiger partial charge >= 0.3 is 6.01 Å². The van der Waals surface area contributed by atoms with Crippen LogP contribution >= 0.6 is 0 Å². The van der Waals surface area contributed by atoms with Crippen LogP contribution in [0.3, 0.4) is 0 Å². The van der Waals surface area contributed by atoms with E-state index in [1.165, 1.54) is 0 Å². The van der Waals surface area contributed by atoms with Crippen LogP contribution in [-0.2, 0) is 0 Å². The lowest BCUT2D eigenvalue weighted by atomic mass is 9.96. The fraction of sp³-hybridized carbons (Fsp3) is 0.750. The van der Waals surface area contributed by atoms with Crippen molar-refractivity contribution in [3.63, 3.8) is 0 Å². The summed E-state index contributed by atoms with van der Waals surface area (Å²) >= 11 is 0. The molecule has 0 radical (unpaired) electrons. The number of aromatic nitrogens is 3. The number of β-amino-alcohol motifs (C(OH)–C–C–N with tert-alkyl or cyclic N) is 1. The molecule has 0 spiro atoms. The van der Waals surface area contributed by atoms with Crippen molar-refractivity contribution in [2.45, 2.75) is 39.4 Å². The van der Waals surface area contributed by atoms with Crippen molar-refractivity contribution in [2.75, 3.05) is 23.7 Å². The summed E-state index contributed by atoms with van der Waals surface area (Å²) in [7, 11) is 0. The van der Waals surface area contributed by atoms with Gasteiger partial charge in [0.05, 0.1) is 12.2 Å². The highest BCUT2D eigenvalue weighted by atomic mass is 16.5. The lowest BCUT2D eigenvalue weighted by Gasteiger charge is -2.34. The van der Waals surface area contributed by atoms with Crippen molar-refractivity contribution in [1.29, 1.82) is 0 Å². The van der Waals surface area contributed by atoms with Crippen LogP contribution in [0.1, 0.15) is 27.2 Å². The lowest BCUT2D eigenvalue weighted by Crippen LogP contribution is -2.43. The molecule has 1 aliphatic rings. The Morgan fingerprint density at radius 1 is 1.37 bits per heavy atom. The molecular formula is C12H21N5O2. The molecule has 1 aromatic rings. The van der Waals surface area contributed by atoms with E-state index in [9.17, 15) is 5.11 Å². The van der Waals surface area contributed by atoms with Crippen molar-refractivity contribution < 1.29 is 9.84 Å². The number of nitrogens with zero attached hydrogens (tertiary/aromatic N) is 4. The zero-order chi connectivity index (χ0) is 14.0. The van der Waals surface area contributed by atoms with E-state index in [1.807, 2.05) is 25.7 Å². The van der Waals surface area contributed by atoms with Gasteiger partial charge in [-0.1, -0.05) is 6.92 Å². The van der Waals surface area contributed by atoms with Crippen molar-refractivity contribution in [3.05, 3.63) is 0 Å². The Morgan fingerprint density at radius 2 is 2.11 bits per heavy atom. The standard InChI is InChI=1S/C12H21N5O2/c1-7(2)19-12-15-10(13)14-11(16-12)17-5-4-8(3)9(18)6-17/h7-9,18H,4-6H2,1-3H3,(H2,13,14,15,16). The van der Waals surface area contributed by atoms with Gasteiger partial charge in [0.2, 0.25) is 11.9 Å². The van der Waals surface area contributed by atoms with Crippen molar-refractivity contribution in [2.24, 2.45) is 5.92 Å². The summed E-state index contributed by atoms with van der Waals surface area (Å²) in [5.41, 5.74) is 5.67. The molecule has 2 unspecified atom stereocenters. The summed E-state index contributed by atoms with van der Waals surface area (Å²) < 4.78 is 5.44. The third kappa shape index (κ3) is 3.44. The smallest absolute Gasteiger partial charge is 0.323 e. The summed E-state index contributed by atoms with van der Waals surface area (Å²) in [6, 6.07) is 0.227. The van der Waals surface area contributed by atoms with Crippen LogP contribution in [0.15, 0.2) is 0 Å². The molecule has 0 bridgehead atoms. The Hall–Kier alpha value is -1.63. The van der Waals surface area contributed by atoms with E-state index in [1.54, 1.807) is 0 Å². The minimum absolute atomic E-state index is 0.0263. The number of hydrogen-bond acceptors (Lipinski definition) is 7. The second-order valence-electron chi connectivity index (χ2n) is 5.22. The molecule has 2 heterocycles. The monoisotopic (exact) mass is 267 g/mol. The highest BCUT2D eigenvalue weighted by Crippen LogP contribution is 2.22. The fourth-order valence-corrected chi connectivity index (χ4v) is 2.00. The van der Waals surface area contributed by atoms with Gasteiger partial charge in [0, 0.05) is 13.1 Å². The third-order valence-electron chi connectivity index (χ3n) is 3.16. The Labute approximate surface area is 112 Å². The van der Waals surface area contributed by atoms with Gasteiger partial charge in [0.15, 0.2) is 0 Å². The van der Waals surface area contributed by atoms with Crippen LogP contribution in [-0.4, -0.2) is 45.4 Å². The molecule has 106 valence electrons. The molecule has 1 fully saturated rings. The second-order valence-corrected chi connectivity index (χ2v) is 5.22. The largest absolute Gasteiger partial charge is 0.461 e. The molecule has 7 nitrogen and oxygen atoms in total. The summed E-state index contributed by atoms with van der Waals surface area (Å²) in [4.78, 5) is 14.2. The Balaban J connectivity index is 2.17. The normalized spacial score (nSPS) is 23.7. The molecule has 1 aromatic heterocycles. The maximum absolute atomic E-state index is 9.92. The van der Waals surface area contributed by atoms with E-state index in [0.717, 1.165) is 13.0 Å². The molecule has 0 aromatic carbocycles.